The molecule has 0 aliphatic carbocycles. The highest BCUT2D eigenvalue weighted by Gasteiger charge is 2.42. The quantitative estimate of drug-likeness (QED) is 0.438. The fraction of sp³-hybridized carbons (Fsp3) is 0.429. The molecule has 2 atom stereocenters. The standard InChI is InChI=1S/C14H20N2OS.C9H10FNO.C5H9F/c1-4-18-9-11-8-15-16(10(2)3)13(11)7-12(18)5-6-14(18)17;1-2-6-3-4-7(10)5-8(6)9(11)12;1-3-5(2)4-6/h7-8,14,17H,2,4-6,9H2,1,3H3;3-5H,2H2,1H3,(H2,11,12);3H,4H2,1-2H3/b;;5-3+. The van der Waals surface area contributed by atoms with E-state index in [9.17, 15) is 18.7 Å². The van der Waals surface area contributed by atoms with Crippen LogP contribution in [0.4, 0.5) is 8.78 Å². The highest BCUT2D eigenvalue weighted by atomic mass is 32.3. The number of nitrogens with zero attached hydrogens (tertiary/aromatic N) is 2. The minimum atomic E-state index is -1.01. The van der Waals surface area contributed by atoms with Gasteiger partial charge < -0.3 is 10.8 Å². The van der Waals surface area contributed by atoms with Gasteiger partial charge in [-0.3, -0.25) is 4.79 Å². The van der Waals surface area contributed by atoms with Crippen LogP contribution in [0.1, 0.15) is 74.6 Å². The van der Waals surface area contributed by atoms with Gasteiger partial charge in [-0.25, -0.2) is 13.5 Å². The molecular weight excluding hydrogens is 480 g/mol. The molecule has 5 nitrogen and oxygen atoms in total. The molecule has 2 aromatic rings. The van der Waals surface area contributed by atoms with Gasteiger partial charge in [-0.2, -0.15) is 15.1 Å². The maximum Gasteiger partial charge on any atom is 0.249 e. The summed E-state index contributed by atoms with van der Waals surface area (Å²) in [6.45, 7) is 13.3. The van der Waals surface area contributed by atoms with Crippen LogP contribution in [0.15, 0.2) is 47.5 Å². The Morgan fingerprint density at radius 2 is 2.06 bits per heavy atom. The summed E-state index contributed by atoms with van der Waals surface area (Å²) in [6, 6.07) is 4.07. The molecule has 3 heterocycles. The molecule has 1 saturated heterocycles. The molecule has 1 amide bonds. The topological polar surface area (TPSA) is 81.1 Å². The molecular formula is C28H39F2N3O2S. The van der Waals surface area contributed by atoms with Crippen molar-refractivity contribution in [2.75, 3.05) is 12.4 Å². The molecule has 2 aliphatic heterocycles. The van der Waals surface area contributed by atoms with Gasteiger partial charge in [-0.05, 0) is 80.0 Å². The van der Waals surface area contributed by atoms with Crippen molar-refractivity contribution in [3.8, 4) is 0 Å². The lowest BCUT2D eigenvalue weighted by Crippen LogP contribution is -2.19. The third-order valence-corrected chi connectivity index (χ3v) is 11.1. The first kappa shape index (κ1) is 29.5. The number of carbonyl (C=O) groups excluding carboxylic acids is 1. The van der Waals surface area contributed by atoms with Crippen LogP contribution in [0.2, 0.25) is 0 Å². The van der Waals surface area contributed by atoms with E-state index in [-0.39, 0.29) is 17.7 Å². The lowest BCUT2D eigenvalue weighted by atomic mass is 10.0. The Labute approximate surface area is 215 Å². The van der Waals surface area contributed by atoms with Crippen molar-refractivity contribution >= 4 is 27.7 Å². The zero-order chi connectivity index (χ0) is 27.0. The first-order chi connectivity index (χ1) is 17.0. The maximum absolute atomic E-state index is 12.6. The van der Waals surface area contributed by atoms with E-state index in [4.69, 9.17) is 5.73 Å². The Balaban J connectivity index is 0.000000219. The molecule has 36 heavy (non-hydrogen) atoms. The Hall–Kier alpha value is -2.71. The Bertz CT molecular complexity index is 1160. The van der Waals surface area contributed by atoms with Gasteiger partial charge in [0, 0.05) is 22.6 Å². The number of hydrogen-bond acceptors (Lipinski definition) is 3. The van der Waals surface area contributed by atoms with E-state index in [2.05, 4.69) is 24.7 Å². The lowest BCUT2D eigenvalue weighted by molar-refractivity contribution is 0.0999. The molecule has 0 spiro atoms. The number of halogens is 2. The lowest BCUT2D eigenvalue weighted by Gasteiger charge is -2.42. The van der Waals surface area contributed by atoms with Crippen molar-refractivity contribution in [3.05, 3.63) is 75.7 Å². The molecule has 0 saturated carbocycles. The van der Waals surface area contributed by atoms with E-state index < -0.39 is 21.8 Å². The molecule has 198 valence electrons. The zero-order valence-corrected chi connectivity index (χ0v) is 22.8. The minimum Gasteiger partial charge on any atom is -0.384 e. The number of aliphatic hydroxyl groups excluding tert-OH is 1. The van der Waals surface area contributed by atoms with E-state index in [0.29, 0.717) is 6.42 Å². The number of aromatic nitrogens is 2. The van der Waals surface area contributed by atoms with Crippen LogP contribution < -0.4 is 5.73 Å². The van der Waals surface area contributed by atoms with Gasteiger partial charge in [-0.1, -0.05) is 32.6 Å². The van der Waals surface area contributed by atoms with Crippen LogP contribution in [-0.4, -0.2) is 38.7 Å². The monoisotopic (exact) mass is 519 g/mol. The second-order valence-electron chi connectivity index (χ2n) is 8.97. The fourth-order valence-corrected chi connectivity index (χ4v) is 8.19. The van der Waals surface area contributed by atoms with Crippen molar-refractivity contribution in [2.45, 2.75) is 65.1 Å². The number of hydrogen-bond donors (Lipinski definition) is 2. The van der Waals surface area contributed by atoms with Gasteiger partial charge in [0.25, 0.3) is 0 Å². The third kappa shape index (κ3) is 6.53. The van der Waals surface area contributed by atoms with E-state index in [1.807, 2.05) is 31.6 Å². The molecule has 0 radical (unpaired) electrons. The summed E-state index contributed by atoms with van der Waals surface area (Å²) in [4.78, 5) is 12.3. The van der Waals surface area contributed by atoms with Gasteiger partial charge >= 0.3 is 0 Å². The summed E-state index contributed by atoms with van der Waals surface area (Å²) in [5, 5.41) is 14.8. The predicted molar refractivity (Wildman–Crippen MR) is 148 cm³/mol. The molecule has 2 aliphatic rings. The highest BCUT2D eigenvalue weighted by Crippen LogP contribution is 2.69. The average Bonchev–Trinajstić information content (AvgIpc) is 3.43. The normalized spacial score (nSPS) is 21.9. The molecule has 0 bridgehead atoms. The first-order valence-electron chi connectivity index (χ1n) is 12.2. The van der Waals surface area contributed by atoms with Crippen molar-refractivity contribution in [3.63, 3.8) is 0 Å². The third-order valence-electron chi connectivity index (χ3n) is 6.58. The Kier molecular flexibility index (Phi) is 10.7. The number of primary amides is 1. The van der Waals surface area contributed by atoms with Gasteiger partial charge in [0.1, 0.15) is 12.5 Å². The Morgan fingerprint density at radius 3 is 2.56 bits per heavy atom. The zero-order valence-electron chi connectivity index (χ0n) is 22.0. The predicted octanol–water partition coefficient (Wildman–Crippen LogP) is 6.57. The van der Waals surface area contributed by atoms with Crippen LogP contribution in [0.5, 0.6) is 0 Å². The van der Waals surface area contributed by atoms with Crippen LogP contribution in [0, 0.1) is 5.82 Å². The number of rotatable bonds is 5. The van der Waals surface area contributed by atoms with Gasteiger partial charge in [0.05, 0.1) is 17.3 Å². The minimum absolute atomic E-state index is 0.116. The van der Waals surface area contributed by atoms with Crippen LogP contribution in [0.25, 0.3) is 11.8 Å². The van der Waals surface area contributed by atoms with Crippen molar-refractivity contribution < 1.29 is 18.7 Å². The summed E-state index contributed by atoms with van der Waals surface area (Å²) in [5.41, 5.74) is 10.2. The molecule has 1 fully saturated rings. The summed E-state index contributed by atoms with van der Waals surface area (Å²) >= 11 is 0. The smallest absolute Gasteiger partial charge is 0.249 e. The molecule has 8 heteroatoms. The van der Waals surface area contributed by atoms with Crippen LogP contribution >= 0.6 is 10.0 Å². The number of nitrogens with two attached hydrogens (primary N) is 1. The summed E-state index contributed by atoms with van der Waals surface area (Å²) in [7, 11) is -1.01. The summed E-state index contributed by atoms with van der Waals surface area (Å²) < 4.78 is 25.9. The van der Waals surface area contributed by atoms with Crippen molar-refractivity contribution in [1.82, 2.24) is 9.78 Å². The maximum atomic E-state index is 12.6. The Morgan fingerprint density at radius 1 is 1.36 bits per heavy atom. The number of aliphatic hydroxyl groups is 1. The van der Waals surface area contributed by atoms with E-state index in [1.54, 1.807) is 19.1 Å². The molecule has 1 aromatic carbocycles. The number of benzene rings is 1. The first-order valence-corrected chi connectivity index (χ1v) is 14.2. The number of allylic oxidation sites excluding steroid dienone is 4. The van der Waals surface area contributed by atoms with E-state index in [1.165, 1.54) is 28.3 Å². The highest BCUT2D eigenvalue weighted by molar-refractivity contribution is 8.36. The van der Waals surface area contributed by atoms with E-state index in [0.717, 1.165) is 41.2 Å². The molecule has 4 rings (SSSR count). The van der Waals surface area contributed by atoms with Crippen molar-refractivity contribution in [1.29, 1.82) is 0 Å². The number of aryl methyl sites for hydroxylation is 1. The number of amides is 1. The number of fused-ring (bicyclic) bond motifs is 2. The fourth-order valence-electron chi connectivity index (χ4n) is 4.28. The van der Waals surface area contributed by atoms with Crippen molar-refractivity contribution in [2.24, 2.45) is 5.73 Å². The SMILES string of the molecule is C/C=C(\C)CF.C=C(C)n1ncc2c1C=C1CCC(O)S1(CC)C2.CCc1ccc(F)cc1C(N)=O. The van der Waals surface area contributed by atoms with Gasteiger partial charge in [0.2, 0.25) is 5.91 Å². The summed E-state index contributed by atoms with van der Waals surface area (Å²) in [6.07, 6.45) is 8.64. The second-order valence-corrected chi connectivity index (χ2v) is 12.8. The van der Waals surface area contributed by atoms with Gasteiger partial charge in [-0.15, -0.1) is 0 Å². The number of alkyl halides is 1. The van der Waals surface area contributed by atoms with Crippen LogP contribution in [0.3, 0.4) is 0 Å². The van der Waals surface area contributed by atoms with Gasteiger partial charge in [0.15, 0.2) is 0 Å². The molecule has 1 aromatic heterocycles. The molecule has 2 unspecified atom stereocenters. The number of carbonyl (C=O) groups is 1. The largest absolute Gasteiger partial charge is 0.384 e. The van der Waals surface area contributed by atoms with Crippen LogP contribution in [-0.2, 0) is 12.2 Å². The summed E-state index contributed by atoms with van der Waals surface area (Å²) in [5.74, 6) is 1.07. The average molecular weight is 520 g/mol. The second kappa shape index (κ2) is 13.0. The van der Waals surface area contributed by atoms with E-state index >= 15 is 0 Å². The molecule has 3 N–H and O–H groups in total.